The molecule has 1 aromatic heterocycles. The third kappa shape index (κ3) is 6.87. The standard InChI is InChI=1S/C40H40ClFN6O4/c1-21-4-7-26(37-22(2)47-52-23(37)3)14-30(21)38(45-29-11-10-27(18-43)32(41)16-29)25-8-5-24(6-9-25)19-44-34-15-28-20-48(40(51)31(28)17-33(34)42)35-12-13-36(49)46-39(35)50/h4,7,10-11,14-17,24-25,35,38,44-45H,5-6,8-9,12-13,19-20H2,1-3H3,(H,46,49,50)/t24?,25?,35-,38-/m1/s1. The van der Waals surface area contributed by atoms with Crippen LogP contribution in [0.4, 0.5) is 15.8 Å². The summed E-state index contributed by atoms with van der Waals surface area (Å²) in [7, 11) is 0. The Balaban J connectivity index is 1.06. The molecule has 3 heterocycles. The van der Waals surface area contributed by atoms with E-state index in [1.54, 1.807) is 18.2 Å². The quantitative estimate of drug-likeness (QED) is 0.149. The lowest BCUT2D eigenvalue weighted by Crippen LogP contribution is -2.52. The number of piperidine rings is 1. The van der Waals surface area contributed by atoms with Crippen LogP contribution in [0.25, 0.3) is 11.1 Å². The molecule has 268 valence electrons. The summed E-state index contributed by atoms with van der Waals surface area (Å²) in [4.78, 5) is 38.6. The number of rotatable bonds is 9. The van der Waals surface area contributed by atoms with Gasteiger partial charge >= 0.3 is 0 Å². The lowest BCUT2D eigenvalue weighted by atomic mass is 9.75. The fraction of sp³-hybridized carbons (Fsp3) is 0.375. The summed E-state index contributed by atoms with van der Waals surface area (Å²) in [5, 5.41) is 23.4. The Hall–Kier alpha value is -5.21. The van der Waals surface area contributed by atoms with Gasteiger partial charge < -0.3 is 20.1 Å². The topological polar surface area (TPSA) is 140 Å². The predicted molar refractivity (Wildman–Crippen MR) is 195 cm³/mol. The van der Waals surface area contributed by atoms with E-state index in [9.17, 15) is 19.6 Å². The van der Waals surface area contributed by atoms with Crippen LogP contribution in [0.2, 0.25) is 5.02 Å². The molecule has 1 saturated heterocycles. The highest BCUT2D eigenvalue weighted by Gasteiger charge is 2.40. The van der Waals surface area contributed by atoms with Gasteiger partial charge in [-0.3, -0.25) is 19.7 Å². The molecule has 2 aliphatic heterocycles. The normalized spacial score (nSPS) is 20.7. The van der Waals surface area contributed by atoms with Crippen LogP contribution in [-0.4, -0.2) is 40.4 Å². The maximum absolute atomic E-state index is 15.3. The molecule has 1 saturated carbocycles. The number of carbonyl (C=O) groups excluding carboxylic acids is 3. The largest absolute Gasteiger partial charge is 0.382 e. The number of anilines is 2. The van der Waals surface area contributed by atoms with E-state index in [0.717, 1.165) is 59.5 Å². The summed E-state index contributed by atoms with van der Waals surface area (Å²) in [5.74, 6) is -0.389. The van der Waals surface area contributed by atoms with E-state index in [-0.39, 0.29) is 42.8 Å². The number of aromatic nitrogens is 1. The molecule has 3 N–H and O–H groups in total. The van der Waals surface area contributed by atoms with Crippen molar-refractivity contribution >= 4 is 40.7 Å². The molecule has 3 aromatic carbocycles. The van der Waals surface area contributed by atoms with Gasteiger partial charge in [-0.25, -0.2) is 4.39 Å². The Bertz CT molecular complexity index is 2100. The first kappa shape index (κ1) is 35.2. The van der Waals surface area contributed by atoms with Crippen molar-refractivity contribution in [2.24, 2.45) is 11.8 Å². The van der Waals surface area contributed by atoms with Gasteiger partial charge in [0, 0.05) is 36.3 Å². The summed E-state index contributed by atoms with van der Waals surface area (Å²) in [5.41, 5.74) is 7.69. The summed E-state index contributed by atoms with van der Waals surface area (Å²) >= 11 is 6.45. The van der Waals surface area contributed by atoms with Crippen molar-refractivity contribution in [2.45, 2.75) is 77.9 Å². The number of hydrogen-bond donors (Lipinski definition) is 3. The predicted octanol–water partition coefficient (Wildman–Crippen LogP) is 7.76. The summed E-state index contributed by atoms with van der Waals surface area (Å²) in [6.45, 7) is 6.75. The van der Waals surface area contributed by atoms with Crippen molar-refractivity contribution in [3.8, 4) is 17.2 Å². The molecule has 52 heavy (non-hydrogen) atoms. The maximum Gasteiger partial charge on any atom is 0.255 e. The van der Waals surface area contributed by atoms with Crippen molar-refractivity contribution in [1.29, 1.82) is 5.26 Å². The van der Waals surface area contributed by atoms with Crippen molar-refractivity contribution < 1.29 is 23.3 Å². The number of aryl methyl sites for hydroxylation is 3. The highest BCUT2D eigenvalue weighted by Crippen LogP contribution is 2.42. The second-order valence-corrected chi connectivity index (χ2v) is 14.7. The van der Waals surface area contributed by atoms with Gasteiger partial charge in [0.2, 0.25) is 11.8 Å². The van der Waals surface area contributed by atoms with Crippen LogP contribution in [0, 0.1) is 49.8 Å². The number of benzene rings is 3. The first-order valence-electron chi connectivity index (χ1n) is 17.7. The Morgan fingerprint density at radius 3 is 2.54 bits per heavy atom. The number of halogens is 2. The Morgan fingerprint density at radius 2 is 1.85 bits per heavy atom. The van der Waals surface area contributed by atoms with E-state index in [4.69, 9.17) is 16.1 Å². The Morgan fingerprint density at radius 1 is 1.06 bits per heavy atom. The van der Waals surface area contributed by atoms with Crippen molar-refractivity contribution in [2.75, 3.05) is 17.2 Å². The second kappa shape index (κ2) is 14.4. The average molecular weight is 723 g/mol. The molecular weight excluding hydrogens is 683 g/mol. The van der Waals surface area contributed by atoms with Crippen LogP contribution in [0.15, 0.2) is 53.1 Å². The van der Waals surface area contributed by atoms with Crippen LogP contribution in [-0.2, 0) is 16.1 Å². The zero-order chi connectivity index (χ0) is 36.7. The lowest BCUT2D eigenvalue weighted by Gasteiger charge is -2.36. The molecule has 0 unspecified atom stereocenters. The van der Waals surface area contributed by atoms with E-state index in [1.807, 2.05) is 19.9 Å². The molecule has 0 spiro atoms. The number of nitrogens with one attached hydrogen (secondary N) is 3. The van der Waals surface area contributed by atoms with Crippen molar-refractivity contribution in [1.82, 2.24) is 15.4 Å². The minimum atomic E-state index is -0.748. The second-order valence-electron chi connectivity index (χ2n) is 14.2. The number of hydrogen-bond acceptors (Lipinski definition) is 8. The van der Waals surface area contributed by atoms with Crippen LogP contribution < -0.4 is 16.0 Å². The molecule has 2 fully saturated rings. The molecular formula is C40H40ClFN6O4. The van der Waals surface area contributed by atoms with Crippen LogP contribution in [0.1, 0.15) is 88.6 Å². The smallest absolute Gasteiger partial charge is 0.255 e. The summed E-state index contributed by atoms with van der Waals surface area (Å²) < 4.78 is 20.8. The molecule has 10 nitrogen and oxygen atoms in total. The molecule has 2 atom stereocenters. The van der Waals surface area contributed by atoms with E-state index < -0.39 is 23.7 Å². The Labute approximate surface area is 306 Å². The van der Waals surface area contributed by atoms with Crippen molar-refractivity contribution in [3.63, 3.8) is 0 Å². The molecule has 0 bridgehead atoms. The van der Waals surface area contributed by atoms with Gasteiger partial charge in [0.05, 0.1) is 28.0 Å². The van der Waals surface area contributed by atoms with Gasteiger partial charge in [-0.05, 0) is 123 Å². The molecule has 3 aliphatic rings. The fourth-order valence-corrected chi connectivity index (χ4v) is 8.28. The highest BCUT2D eigenvalue weighted by molar-refractivity contribution is 6.32. The van der Waals surface area contributed by atoms with Crippen LogP contribution in [0.3, 0.4) is 0 Å². The van der Waals surface area contributed by atoms with Gasteiger partial charge in [0.15, 0.2) is 0 Å². The minimum Gasteiger partial charge on any atom is -0.382 e. The molecule has 3 amide bonds. The number of nitrogens with zero attached hydrogens (tertiary/aromatic N) is 3. The number of nitriles is 1. The van der Waals surface area contributed by atoms with Gasteiger partial charge in [0.25, 0.3) is 5.91 Å². The third-order valence-electron chi connectivity index (χ3n) is 10.9. The van der Waals surface area contributed by atoms with E-state index >= 15 is 4.39 Å². The van der Waals surface area contributed by atoms with Gasteiger partial charge in [0.1, 0.15) is 23.7 Å². The first-order chi connectivity index (χ1) is 25.0. The molecule has 0 radical (unpaired) electrons. The average Bonchev–Trinajstić information content (AvgIpc) is 3.63. The third-order valence-corrected chi connectivity index (χ3v) is 11.2. The van der Waals surface area contributed by atoms with E-state index in [1.165, 1.54) is 16.5 Å². The zero-order valence-corrected chi connectivity index (χ0v) is 30.1. The fourth-order valence-electron chi connectivity index (χ4n) is 8.06. The monoisotopic (exact) mass is 722 g/mol. The van der Waals surface area contributed by atoms with Gasteiger partial charge in [-0.1, -0.05) is 28.9 Å². The minimum absolute atomic E-state index is 0.0441. The zero-order valence-electron chi connectivity index (χ0n) is 29.3. The van der Waals surface area contributed by atoms with Crippen LogP contribution in [0.5, 0.6) is 0 Å². The molecule has 12 heteroatoms. The van der Waals surface area contributed by atoms with Gasteiger partial charge in [-0.15, -0.1) is 0 Å². The number of fused-ring (bicyclic) bond motifs is 1. The summed E-state index contributed by atoms with van der Waals surface area (Å²) in [6.07, 6.45) is 4.15. The number of carbonyl (C=O) groups is 3. The number of imide groups is 1. The van der Waals surface area contributed by atoms with E-state index in [2.05, 4.69) is 52.3 Å². The SMILES string of the molecule is Cc1ccc(-c2c(C)noc2C)cc1[C@H](Nc1ccc(C#N)c(Cl)c1)C1CCC(CNc2cc3c(cc2F)C(=O)N([C@@H]2CCC(=O)NC2=O)C3)CC1. The highest BCUT2D eigenvalue weighted by atomic mass is 35.5. The Kier molecular flexibility index (Phi) is 9.77. The molecule has 4 aromatic rings. The maximum atomic E-state index is 15.3. The number of amides is 3. The molecule has 7 rings (SSSR count). The molecule has 1 aliphatic carbocycles. The van der Waals surface area contributed by atoms with E-state index in [0.29, 0.717) is 34.3 Å². The van der Waals surface area contributed by atoms with Gasteiger partial charge in [-0.2, -0.15) is 5.26 Å². The van der Waals surface area contributed by atoms with Crippen molar-refractivity contribution in [3.05, 3.63) is 98.6 Å². The van der Waals surface area contributed by atoms with Crippen LogP contribution >= 0.6 is 11.6 Å². The first-order valence-corrected chi connectivity index (χ1v) is 18.1. The summed E-state index contributed by atoms with van der Waals surface area (Å²) in [6, 6.07) is 16.2. The lowest BCUT2D eigenvalue weighted by molar-refractivity contribution is -0.136.